The van der Waals surface area contributed by atoms with E-state index in [0.29, 0.717) is 34.8 Å². The van der Waals surface area contributed by atoms with Gasteiger partial charge in [0, 0.05) is 6.20 Å². The van der Waals surface area contributed by atoms with Crippen LogP contribution in [0.2, 0.25) is 5.02 Å². The van der Waals surface area contributed by atoms with Crippen molar-refractivity contribution in [3.8, 4) is 11.5 Å². The minimum absolute atomic E-state index is 0.351. The van der Waals surface area contributed by atoms with Crippen molar-refractivity contribution in [1.82, 2.24) is 15.1 Å². The third kappa shape index (κ3) is 2.83. The monoisotopic (exact) mass is 293 g/mol. The Morgan fingerprint density at radius 1 is 1.40 bits per heavy atom. The van der Waals surface area contributed by atoms with E-state index < -0.39 is 6.10 Å². The first-order valence-corrected chi connectivity index (χ1v) is 7.23. The summed E-state index contributed by atoms with van der Waals surface area (Å²) in [5, 5.41) is 14.5. The van der Waals surface area contributed by atoms with Crippen LogP contribution in [0.1, 0.15) is 31.6 Å². The van der Waals surface area contributed by atoms with E-state index in [4.69, 9.17) is 16.1 Å². The molecule has 2 aromatic heterocycles. The zero-order valence-electron chi connectivity index (χ0n) is 11.0. The molecular weight excluding hydrogens is 278 g/mol. The maximum atomic E-state index is 10.2. The fourth-order valence-electron chi connectivity index (χ4n) is 2.67. The molecule has 1 saturated carbocycles. The number of aliphatic hydroxyl groups excluding tert-OH is 1. The molecule has 0 aliphatic heterocycles. The van der Waals surface area contributed by atoms with E-state index in [1.54, 1.807) is 18.3 Å². The van der Waals surface area contributed by atoms with Crippen LogP contribution in [0.4, 0.5) is 0 Å². The number of nitrogens with zero attached hydrogens (tertiary/aromatic N) is 3. The van der Waals surface area contributed by atoms with Gasteiger partial charge in [-0.25, -0.2) is 0 Å². The number of hydrogen-bond donors (Lipinski definition) is 1. The third-order valence-electron chi connectivity index (χ3n) is 3.77. The van der Waals surface area contributed by atoms with Crippen LogP contribution in [0.15, 0.2) is 22.9 Å². The molecule has 5 nitrogen and oxygen atoms in total. The Bertz CT molecular complexity index is 581. The van der Waals surface area contributed by atoms with Crippen LogP contribution in [0, 0.1) is 5.92 Å². The SMILES string of the molecule is OC(Cc1nc(-c2ncccc2Cl)no1)C1CCCC1. The number of hydrogen-bond acceptors (Lipinski definition) is 5. The van der Waals surface area contributed by atoms with E-state index in [0.717, 1.165) is 12.8 Å². The zero-order valence-corrected chi connectivity index (χ0v) is 11.8. The molecule has 2 heterocycles. The van der Waals surface area contributed by atoms with Crippen molar-refractivity contribution < 1.29 is 9.63 Å². The largest absolute Gasteiger partial charge is 0.392 e. The fraction of sp³-hybridized carbons (Fsp3) is 0.500. The summed E-state index contributed by atoms with van der Waals surface area (Å²) >= 11 is 6.04. The van der Waals surface area contributed by atoms with Crippen LogP contribution >= 0.6 is 11.6 Å². The molecule has 0 bridgehead atoms. The average molecular weight is 294 g/mol. The topological polar surface area (TPSA) is 72.0 Å². The normalized spacial score (nSPS) is 17.5. The Morgan fingerprint density at radius 2 is 2.20 bits per heavy atom. The smallest absolute Gasteiger partial charge is 0.229 e. The summed E-state index contributed by atoms with van der Waals surface area (Å²) in [6.07, 6.45) is 6.15. The molecule has 3 rings (SSSR count). The van der Waals surface area contributed by atoms with Gasteiger partial charge in [-0.15, -0.1) is 0 Å². The molecular formula is C14H16ClN3O2. The Morgan fingerprint density at radius 3 is 2.95 bits per heavy atom. The molecule has 0 aromatic carbocycles. The van der Waals surface area contributed by atoms with Crippen LogP contribution in [-0.2, 0) is 6.42 Å². The molecule has 0 radical (unpaired) electrons. The molecule has 1 unspecified atom stereocenters. The lowest BCUT2D eigenvalue weighted by Crippen LogP contribution is -2.20. The van der Waals surface area contributed by atoms with Gasteiger partial charge in [-0.1, -0.05) is 29.6 Å². The number of halogens is 1. The molecule has 1 aliphatic carbocycles. The van der Waals surface area contributed by atoms with Gasteiger partial charge in [-0.2, -0.15) is 4.98 Å². The summed E-state index contributed by atoms with van der Waals surface area (Å²) < 4.78 is 5.18. The minimum Gasteiger partial charge on any atom is -0.392 e. The van der Waals surface area contributed by atoms with Crippen molar-refractivity contribution in [1.29, 1.82) is 0 Å². The molecule has 0 spiro atoms. The number of aromatic nitrogens is 3. The van der Waals surface area contributed by atoms with Gasteiger partial charge in [0.1, 0.15) is 5.69 Å². The van der Waals surface area contributed by atoms with Crippen molar-refractivity contribution in [3.63, 3.8) is 0 Å². The van der Waals surface area contributed by atoms with Crippen molar-refractivity contribution in [3.05, 3.63) is 29.2 Å². The molecule has 20 heavy (non-hydrogen) atoms. The Hall–Kier alpha value is -1.46. The molecule has 6 heteroatoms. The summed E-state index contributed by atoms with van der Waals surface area (Å²) in [4.78, 5) is 8.41. The quantitative estimate of drug-likeness (QED) is 0.938. The van der Waals surface area contributed by atoms with Crippen molar-refractivity contribution in [2.45, 2.75) is 38.2 Å². The molecule has 1 aliphatic rings. The maximum Gasteiger partial charge on any atom is 0.229 e. The molecule has 1 atom stereocenters. The van der Waals surface area contributed by atoms with Crippen LogP contribution in [-0.4, -0.2) is 26.3 Å². The zero-order chi connectivity index (χ0) is 13.9. The summed E-state index contributed by atoms with van der Waals surface area (Å²) in [5.41, 5.74) is 0.500. The Kier molecular flexibility index (Phi) is 3.98. The van der Waals surface area contributed by atoms with Crippen LogP contribution in [0.3, 0.4) is 0 Å². The second-order valence-corrected chi connectivity index (χ2v) is 5.57. The first kappa shape index (κ1) is 13.5. The van der Waals surface area contributed by atoms with Crippen LogP contribution in [0.5, 0.6) is 0 Å². The first-order valence-electron chi connectivity index (χ1n) is 6.85. The van der Waals surface area contributed by atoms with E-state index in [1.807, 2.05) is 0 Å². The summed E-state index contributed by atoms with van der Waals surface area (Å²) in [5.74, 6) is 1.15. The number of aliphatic hydroxyl groups is 1. The predicted molar refractivity (Wildman–Crippen MR) is 74.2 cm³/mol. The minimum atomic E-state index is -0.412. The lowest BCUT2D eigenvalue weighted by atomic mass is 9.98. The highest BCUT2D eigenvalue weighted by molar-refractivity contribution is 6.32. The summed E-state index contributed by atoms with van der Waals surface area (Å²) in [7, 11) is 0. The highest BCUT2D eigenvalue weighted by Gasteiger charge is 2.25. The van der Waals surface area contributed by atoms with Crippen molar-refractivity contribution >= 4 is 11.6 Å². The van der Waals surface area contributed by atoms with Gasteiger partial charge < -0.3 is 9.63 Å². The molecule has 0 saturated heterocycles. The van der Waals surface area contributed by atoms with E-state index in [2.05, 4.69) is 15.1 Å². The standard InChI is InChI=1S/C14H16ClN3O2/c15-10-6-3-7-16-13(10)14-17-12(20-18-14)8-11(19)9-4-1-2-5-9/h3,6-7,9,11,19H,1-2,4-5,8H2. The van der Waals surface area contributed by atoms with Crippen molar-refractivity contribution in [2.24, 2.45) is 5.92 Å². The Balaban J connectivity index is 1.72. The molecule has 1 fully saturated rings. The molecule has 1 N–H and O–H groups in total. The highest BCUT2D eigenvalue weighted by Crippen LogP contribution is 2.29. The number of rotatable bonds is 4. The molecule has 0 amide bonds. The molecule has 2 aromatic rings. The summed E-state index contributed by atoms with van der Waals surface area (Å²) in [6, 6.07) is 3.48. The summed E-state index contributed by atoms with van der Waals surface area (Å²) in [6.45, 7) is 0. The van der Waals surface area contributed by atoms with Gasteiger partial charge in [-0.3, -0.25) is 4.98 Å². The lowest BCUT2D eigenvalue weighted by Gasteiger charge is -2.14. The second-order valence-electron chi connectivity index (χ2n) is 5.16. The van der Waals surface area contributed by atoms with Gasteiger partial charge >= 0.3 is 0 Å². The fourth-order valence-corrected chi connectivity index (χ4v) is 2.88. The average Bonchev–Trinajstić information content (AvgIpc) is 3.10. The number of pyridine rings is 1. The van der Waals surface area contributed by atoms with Gasteiger partial charge in [-0.05, 0) is 30.9 Å². The maximum absolute atomic E-state index is 10.2. The van der Waals surface area contributed by atoms with E-state index >= 15 is 0 Å². The van der Waals surface area contributed by atoms with Crippen molar-refractivity contribution in [2.75, 3.05) is 0 Å². The van der Waals surface area contributed by atoms with E-state index in [1.165, 1.54) is 12.8 Å². The van der Waals surface area contributed by atoms with Gasteiger partial charge in [0.2, 0.25) is 11.7 Å². The van der Waals surface area contributed by atoms with Gasteiger partial charge in [0.05, 0.1) is 17.5 Å². The lowest BCUT2D eigenvalue weighted by molar-refractivity contribution is 0.102. The van der Waals surface area contributed by atoms with Gasteiger partial charge in [0.25, 0.3) is 0 Å². The first-order chi connectivity index (χ1) is 9.74. The second kappa shape index (κ2) is 5.89. The molecule has 106 valence electrons. The predicted octanol–water partition coefficient (Wildman–Crippen LogP) is 2.88. The third-order valence-corrected chi connectivity index (χ3v) is 4.07. The van der Waals surface area contributed by atoms with E-state index in [-0.39, 0.29) is 0 Å². The van der Waals surface area contributed by atoms with Crippen LogP contribution < -0.4 is 0 Å². The highest BCUT2D eigenvalue weighted by atomic mass is 35.5. The Labute approximate surface area is 122 Å². The van der Waals surface area contributed by atoms with Gasteiger partial charge in [0.15, 0.2) is 0 Å². The van der Waals surface area contributed by atoms with E-state index in [9.17, 15) is 5.11 Å². The van der Waals surface area contributed by atoms with Crippen LogP contribution in [0.25, 0.3) is 11.5 Å².